The summed E-state index contributed by atoms with van der Waals surface area (Å²) in [5, 5.41) is 0. The van der Waals surface area contributed by atoms with Gasteiger partial charge in [-0.2, -0.15) is 4.39 Å². The van der Waals surface area contributed by atoms with E-state index in [1.807, 2.05) is 6.92 Å². The van der Waals surface area contributed by atoms with Gasteiger partial charge in [0.1, 0.15) is 6.61 Å². The minimum Gasteiger partial charge on any atom is -0.490 e. The van der Waals surface area contributed by atoms with Gasteiger partial charge in [0.2, 0.25) is 11.6 Å². The van der Waals surface area contributed by atoms with E-state index in [-0.39, 0.29) is 18.1 Å². The molecule has 0 spiro atoms. The maximum Gasteiger partial charge on any atom is 0.204 e. The third kappa shape index (κ3) is 3.73. The van der Waals surface area contributed by atoms with E-state index in [1.54, 1.807) is 0 Å². The Morgan fingerprint density at radius 1 is 1.29 bits per heavy atom. The van der Waals surface area contributed by atoms with Gasteiger partial charge >= 0.3 is 0 Å². The molecule has 17 heavy (non-hydrogen) atoms. The molecule has 1 aromatic carbocycles. The number of halogens is 2. The van der Waals surface area contributed by atoms with Gasteiger partial charge in [-0.1, -0.05) is 26.0 Å². The first-order valence-corrected chi connectivity index (χ1v) is 5.55. The summed E-state index contributed by atoms with van der Waals surface area (Å²) < 4.78 is 36.9. The predicted octanol–water partition coefficient (Wildman–Crippen LogP) is 3.71. The van der Waals surface area contributed by atoms with Crippen LogP contribution in [0.25, 0.3) is 0 Å². The monoisotopic (exact) mass is 242 g/mol. The van der Waals surface area contributed by atoms with Gasteiger partial charge in [-0.3, -0.25) is 0 Å². The summed E-state index contributed by atoms with van der Waals surface area (Å²) in [5.41, 5.74) is 0. The van der Waals surface area contributed by atoms with Crippen LogP contribution in [0, 0.1) is 11.6 Å². The molecule has 0 radical (unpaired) electrons. The van der Waals surface area contributed by atoms with Gasteiger partial charge in [0, 0.05) is 0 Å². The highest BCUT2D eigenvalue weighted by molar-refractivity contribution is 5.41. The number of hydrogen-bond donors (Lipinski definition) is 0. The minimum atomic E-state index is -1.03. The number of hydrogen-bond acceptors (Lipinski definition) is 2. The van der Waals surface area contributed by atoms with E-state index in [9.17, 15) is 8.78 Å². The molecule has 0 heterocycles. The zero-order valence-electron chi connectivity index (χ0n) is 9.84. The molecule has 4 heteroatoms. The van der Waals surface area contributed by atoms with Crippen LogP contribution in [0.2, 0.25) is 0 Å². The first-order chi connectivity index (χ1) is 8.20. The molecule has 0 saturated heterocycles. The Labute approximate surface area is 99.9 Å². The fourth-order valence-corrected chi connectivity index (χ4v) is 1.23. The van der Waals surface area contributed by atoms with Crippen molar-refractivity contribution < 1.29 is 18.3 Å². The fraction of sp³-hybridized carbons (Fsp3) is 0.385. The van der Waals surface area contributed by atoms with Crippen LogP contribution in [-0.2, 0) is 0 Å². The SMILES string of the molecule is C=CCOc1c(OCCCC)ccc(F)c1F. The Morgan fingerprint density at radius 2 is 2.06 bits per heavy atom. The average molecular weight is 242 g/mol. The minimum absolute atomic E-state index is 0.102. The maximum absolute atomic E-state index is 13.5. The molecule has 0 aromatic heterocycles. The van der Waals surface area contributed by atoms with Crippen LogP contribution in [-0.4, -0.2) is 13.2 Å². The molecule has 1 aromatic rings. The van der Waals surface area contributed by atoms with Crippen molar-refractivity contribution in [2.75, 3.05) is 13.2 Å². The summed E-state index contributed by atoms with van der Waals surface area (Å²) in [6.45, 7) is 6.02. The van der Waals surface area contributed by atoms with Crippen LogP contribution < -0.4 is 9.47 Å². The molecule has 0 aliphatic carbocycles. The van der Waals surface area contributed by atoms with Gasteiger partial charge in [-0.15, -0.1) is 0 Å². The molecule has 2 nitrogen and oxygen atoms in total. The Bertz CT molecular complexity index is 378. The van der Waals surface area contributed by atoms with Crippen LogP contribution in [0.4, 0.5) is 8.78 Å². The molecule has 0 bridgehead atoms. The Morgan fingerprint density at radius 3 is 2.71 bits per heavy atom. The van der Waals surface area contributed by atoms with Crippen molar-refractivity contribution in [3.8, 4) is 11.5 Å². The summed E-state index contributed by atoms with van der Waals surface area (Å²) in [5.74, 6) is -1.95. The van der Waals surface area contributed by atoms with Gasteiger partial charge in [-0.25, -0.2) is 4.39 Å². The van der Waals surface area contributed by atoms with Gasteiger partial charge in [0.15, 0.2) is 11.6 Å². The van der Waals surface area contributed by atoms with Crippen LogP contribution in [0.1, 0.15) is 19.8 Å². The van der Waals surface area contributed by atoms with Gasteiger partial charge < -0.3 is 9.47 Å². The van der Waals surface area contributed by atoms with E-state index in [0.717, 1.165) is 18.9 Å². The number of rotatable bonds is 7. The van der Waals surface area contributed by atoms with Crippen LogP contribution in [0.3, 0.4) is 0 Å². The lowest BCUT2D eigenvalue weighted by Crippen LogP contribution is -2.04. The van der Waals surface area contributed by atoms with Crippen LogP contribution in [0.5, 0.6) is 11.5 Å². The largest absolute Gasteiger partial charge is 0.490 e. The molecule has 0 aliphatic heterocycles. The summed E-state index contributed by atoms with van der Waals surface area (Å²) in [6, 6.07) is 2.39. The standard InChI is InChI=1S/C13H16F2O2/c1-3-5-9-16-11-7-6-10(14)12(15)13(11)17-8-4-2/h4,6-7H,2-3,5,8-9H2,1H3. The first-order valence-electron chi connectivity index (χ1n) is 5.55. The lowest BCUT2D eigenvalue weighted by atomic mass is 10.3. The van der Waals surface area contributed by atoms with E-state index in [0.29, 0.717) is 6.61 Å². The second-order valence-electron chi connectivity index (χ2n) is 3.49. The van der Waals surface area contributed by atoms with Crippen molar-refractivity contribution >= 4 is 0 Å². The van der Waals surface area contributed by atoms with Gasteiger partial charge in [0.05, 0.1) is 6.61 Å². The lowest BCUT2D eigenvalue weighted by molar-refractivity contribution is 0.266. The molecule has 0 N–H and O–H groups in total. The van der Waals surface area contributed by atoms with E-state index in [4.69, 9.17) is 9.47 Å². The molecule has 0 amide bonds. The van der Waals surface area contributed by atoms with E-state index >= 15 is 0 Å². The molecule has 1 rings (SSSR count). The zero-order valence-corrected chi connectivity index (χ0v) is 9.84. The highest BCUT2D eigenvalue weighted by Crippen LogP contribution is 2.32. The summed E-state index contributed by atoms with van der Waals surface area (Å²) in [6.07, 6.45) is 3.27. The second-order valence-corrected chi connectivity index (χ2v) is 3.49. The van der Waals surface area contributed by atoms with Crippen molar-refractivity contribution in [1.82, 2.24) is 0 Å². The van der Waals surface area contributed by atoms with Crippen molar-refractivity contribution in [3.05, 3.63) is 36.4 Å². The Balaban J connectivity index is 2.85. The smallest absolute Gasteiger partial charge is 0.204 e. The van der Waals surface area contributed by atoms with Gasteiger partial charge in [0.25, 0.3) is 0 Å². The molecule has 0 saturated carbocycles. The number of benzene rings is 1. The topological polar surface area (TPSA) is 18.5 Å². The van der Waals surface area contributed by atoms with E-state index < -0.39 is 11.6 Å². The lowest BCUT2D eigenvalue weighted by Gasteiger charge is -2.12. The van der Waals surface area contributed by atoms with Gasteiger partial charge in [-0.05, 0) is 18.6 Å². The molecule has 0 aliphatic rings. The Kier molecular flexibility index (Phi) is 5.46. The normalized spacial score (nSPS) is 10.1. The summed E-state index contributed by atoms with van der Waals surface area (Å²) in [4.78, 5) is 0. The predicted molar refractivity (Wildman–Crippen MR) is 62.5 cm³/mol. The highest BCUT2D eigenvalue weighted by atomic mass is 19.2. The van der Waals surface area contributed by atoms with E-state index in [1.165, 1.54) is 12.1 Å². The summed E-state index contributed by atoms with van der Waals surface area (Å²) >= 11 is 0. The third-order valence-electron chi connectivity index (χ3n) is 2.11. The van der Waals surface area contributed by atoms with E-state index in [2.05, 4.69) is 6.58 Å². The van der Waals surface area contributed by atoms with Crippen LogP contribution >= 0.6 is 0 Å². The third-order valence-corrected chi connectivity index (χ3v) is 2.11. The average Bonchev–Trinajstić information content (AvgIpc) is 2.33. The molecule has 0 atom stereocenters. The molecular weight excluding hydrogens is 226 g/mol. The maximum atomic E-state index is 13.5. The first kappa shape index (κ1) is 13.5. The molecular formula is C13H16F2O2. The number of ether oxygens (including phenoxy) is 2. The Hall–Kier alpha value is -1.58. The zero-order chi connectivity index (χ0) is 12.7. The highest BCUT2D eigenvalue weighted by Gasteiger charge is 2.15. The number of unbranched alkanes of at least 4 members (excludes halogenated alkanes) is 1. The molecule has 94 valence electrons. The quantitative estimate of drug-likeness (QED) is 0.536. The van der Waals surface area contributed by atoms with Crippen molar-refractivity contribution in [1.29, 1.82) is 0 Å². The van der Waals surface area contributed by atoms with Crippen molar-refractivity contribution in [2.24, 2.45) is 0 Å². The fourth-order valence-electron chi connectivity index (χ4n) is 1.23. The van der Waals surface area contributed by atoms with Crippen molar-refractivity contribution in [2.45, 2.75) is 19.8 Å². The summed E-state index contributed by atoms with van der Waals surface area (Å²) in [7, 11) is 0. The van der Waals surface area contributed by atoms with Crippen molar-refractivity contribution in [3.63, 3.8) is 0 Å². The second kappa shape index (κ2) is 6.89. The van der Waals surface area contributed by atoms with Crippen LogP contribution in [0.15, 0.2) is 24.8 Å². The molecule has 0 fully saturated rings. The molecule has 0 unspecified atom stereocenters.